The number of hydrogen-bond acceptors (Lipinski definition) is 3. The van der Waals surface area contributed by atoms with Crippen LogP contribution in [-0.2, 0) is 7.05 Å². The number of hydrogen-bond donors (Lipinski definition) is 0. The number of allylic oxidation sites excluding steroid dienone is 1. The van der Waals surface area contributed by atoms with Crippen LogP contribution in [0.3, 0.4) is 0 Å². The number of methoxy groups -OCH3 is 2. The molecule has 4 nitrogen and oxygen atoms in total. The first-order chi connectivity index (χ1) is 11.7. The molecule has 0 unspecified atom stereocenters. The summed E-state index contributed by atoms with van der Waals surface area (Å²) in [5.74, 6) is 1.38. The monoisotopic (exact) mass is 318 g/mol. The number of nitrogens with zero attached hydrogens (tertiary/aromatic N) is 2. The third kappa shape index (κ3) is 2.84. The second-order valence-corrected chi connectivity index (χ2v) is 5.49. The molecule has 120 valence electrons. The largest absolute Gasteiger partial charge is 0.497 e. The van der Waals surface area contributed by atoms with Crippen LogP contribution in [0.25, 0.3) is 16.5 Å². The minimum absolute atomic E-state index is 0.688. The van der Waals surface area contributed by atoms with Gasteiger partial charge in [0, 0.05) is 30.9 Å². The van der Waals surface area contributed by atoms with Crippen LogP contribution in [0.2, 0.25) is 0 Å². The van der Waals surface area contributed by atoms with Crippen molar-refractivity contribution in [3.05, 3.63) is 65.9 Å². The fourth-order valence-corrected chi connectivity index (χ4v) is 2.79. The summed E-state index contributed by atoms with van der Waals surface area (Å²) >= 11 is 0. The van der Waals surface area contributed by atoms with E-state index in [0.717, 1.165) is 22.2 Å². The molecule has 3 aromatic rings. The normalized spacial score (nSPS) is 11.3. The zero-order chi connectivity index (χ0) is 17.1. The van der Waals surface area contributed by atoms with Crippen LogP contribution in [0.1, 0.15) is 11.1 Å². The fraction of sp³-hybridized carbons (Fsp3) is 0.150. The van der Waals surface area contributed by atoms with Gasteiger partial charge in [0.2, 0.25) is 0 Å². The van der Waals surface area contributed by atoms with E-state index in [9.17, 15) is 5.26 Å². The quantitative estimate of drug-likeness (QED) is 0.679. The zero-order valence-electron chi connectivity index (χ0n) is 13.9. The summed E-state index contributed by atoms with van der Waals surface area (Å²) in [5, 5.41) is 10.4. The van der Waals surface area contributed by atoms with Crippen molar-refractivity contribution in [3.63, 3.8) is 0 Å². The lowest BCUT2D eigenvalue weighted by Gasteiger charge is -2.12. The van der Waals surface area contributed by atoms with Crippen LogP contribution in [0.4, 0.5) is 0 Å². The molecule has 0 saturated carbocycles. The highest BCUT2D eigenvalue weighted by Crippen LogP contribution is 2.32. The Labute approximate surface area is 141 Å². The zero-order valence-corrected chi connectivity index (χ0v) is 13.9. The van der Waals surface area contributed by atoms with Crippen molar-refractivity contribution in [1.82, 2.24) is 4.57 Å². The molecule has 24 heavy (non-hydrogen) atoms. The highest BCUT2D eigenvalue weighted by Gasteiger charge is 2.11. The molecule has 2 aromatic carbocycles. The molecular weight excluding hydrogens is 300 g/mol. The second kappa shape index (κ2) is 6.51. The predicted molar refractivity (Wildman–Crippen MR) is 95.2 cm³/mol. The minimum Gasteiger partial charge on any atom is -0.497 e. The molecule has 0 radical (unpaired) electrons. The molecule has 0 bridgehead atoms. The molecule has 0 amide bonds. The Morgan fingerprint density at radius 2 is 1.71 bits per heavy atom. The maximum atomic E-state index is 9.25. The van der Waals surface area contributed by atoms with Crippen molar-refractivity contribution in [3.8, 4) is 17.6 Å². The Bertz CT molecular complexity index is 939. The third-order valence-electron chi connectivity index (χ3n) is 4.07. The van der Waals surface area contributed by atoms with E-state index in [1.54, 1.807) is 20.3 Å². The van der Waals surface area contributed by atoms with Gasteiger partial charge < -0.3 is 14.0 Å². The van der Waals surface area contributed by atoms with Gasteiger partial charge in [-0.05, 0) is 46.4 Å². The summed E-state index contributed by atoms with van der Waals surface area (Å²) in [6.45, 7) is 0. The molecule has 0 spiro atoms. The van der Waals surface area contributed by atoms with Gasteiger partial charge in [-0.3, -0.25) is 0 Å². The maximum Gasteiger partial charge on any atom is 0.123 e. The first-order valence-corrected chi connectivity index (χ1v) is 7.55. The average Bonchev–Trinajstić information content (AvgIpc) is 2.99. The lowest BCUT2D eigenvalue weighted by atomic mass is 9.96. The van der Waals surface area contributed by atoms with Gasteiger partial charge in [0.05, 0.1) is 20.3 Å². The molecule has 1 aromatic heterocycles. The molecule has 0 saturated heterocycles. The molecule has 0 fully saturated rings. The lowest BCUT2D eigenvalue weighted by molar-refractivity contribution is 0.394. The van der Waals surface area contributed by atoms with Gasteiger partial charge in [-0.15, -0.1) is 0 Å². The molecule has 0 N–H and O–H groups in total. The van der Waals surface area contributed by atoms with E-state index in [0.29, 0.717) is 11.5 Å². The van der Waals surface area contributed by atoms with Crippen LogP contribution in [0.5, 0.6) is 11.5 Å². The number of aryl methyl sites for hydroxylation is 1. The maximum absolute atomic E-state index is 9.25. The smallest absolute Gasteiger partial charge is 0.123 e. The van der Waals surface area contributed by atoms with E-state index < -0.39 is 0 Å². The Balaban J connectivity index is 2.18. The van der Waals surface area contributed by atoms with Gasteiger partial charge in [0.25, 0.3) is 0 Å². The fourth-order valence-electron chi connectivity index (χ4n) is 2.79. The minimum atomic E-state index is 0.688. The highest BCUT2D eigenvalue weighted by atomic mass is 16.5. The van der Waals surface area contributed by atoms with Crippen LogP contribution < -0.4 is 9.47 Å². The van der Waals surface area contributed by atoms with E-state index in [-0.39, 0.29) is 0 Å². The third-order valence-corrected chi connectivity index (χ3v) is 4.07. The van der Waals surface area contributed by atoms with Crippen molar-refractivity contribution in [2.24, 2.45) is 7.05 Å². The molecule has 1 heterocycles. The summed E-state index contributed by atoms with van der Waals surface area (Å²) in [7, 11) is 5.24. The highest BCUT2D eigenvalue weighted by molar-refractivity contribution is 5.89. The average molecular weight is 318 g/mol. The summed E-state index contributed by atoms with van der Waals surface area (Å²) < 4.78 is 12.8. The van der Waals surface area contributed by atoms with Crippen molar-refractivity contribution >= 4 is 16.5 Å². The standard InChI is InChI=1S/C20H18N2O2/c1-22-9-7-14-4-5-15(12-20(14)22)19(6-8-21)16-10-17(23-2)13-18(11-16)24-3/h4-7,9-13H,1-3H3/b19-6-. The Morgan fingerprint density at radius 1 is 1.00 bits per heavy atom. The van der Waals surface area contributed by atoms with E-state index in [1.807, 2.05) is 37.5 Å². The number of nitriles is 1. The van der Waals surface area contributed by atoms with E-state index in [4.69, 9.17) is 9.47 Å². The summed E-state index contributed by atoms with van der Waals surface area (Å²) in [4.78, 5) is 0. The van der Waals surface area contributed by atoms with Gasteiger partial charge >= 0.3 is 0 Å². The van der Waals surface area contributed by atoms with Crippen LogP contribution in [0, 0.1) is 11.3 Å². The number of ether oxygens (including phenoxy) is 2. The Morgan fingerprint density at radius 3 is 2.33 bits per heavy atom. The Kier molecular flexibility index (Phi) is 4.26. The number of benzene rings is 2. The first kappa shape index (κ1) is 15.7. The van der Waals surface area contributed by atoms with E-state index in [1.165, 1.54) is 5.39 Å². The van der Waals surface area contributed by atoms with Crippen LogP contribution in [-0.4, -0.2) is 18.8 Å². The number of fused-ring (bicyclic) bond motifs is 1. The molecule has 0 aliphatic heterocycles. The van der Waals surface area contributed by atoms with Crippen LogP contribution >= 0.6 is 0 Å². The molecule has 0 atom stereocenters. The summed E-state index contributed by atoms with van der Waals surface area (Å²) in [5.41, 5.74) is 3.80. The van der Waals surface area contributed by atoms with Gasteiger partial charge in [-0.25, -0.2) is 0 Å². The molecular formula is C20H18N2O2. The lowest BCUT2D eigenvalue weighted by Crippen LogP contribution is -1.94. The molecule has 0 aliphatic carbocycles. The second-order valence-electron chi connectivity index (χ2n) is 5.49. The molecule has 4 heteroatoms. The predicted octanol–water partition coefficient (Wildman–Crippen LogP) is 4.15. The van der Waals surface area contributed by atoms with Gasteiger partial charge in [0.15, 0.2) is 0 Å². The van der Waals surface area contributed by atoms with Crippen LogP contribution in [0.15, 0.2) is 54.7 Å². The SMILES string of the molecule is COc1cc(OC)cc(/C(=C\C#N)c2ccc3ccn(C)c3c2)c1. The van der Waals surface area contributed by atoms with Gasteiger partial charge in [-0.1, -0.05) is 12.1 Å². The van der Waals surface area contributed by atoms with Crippen molar-refractivity contribution in [2.45, 2.75) is 0 Å². The molecule has 3 rings (SSSR count). The topological polar surface area (TPSA) is 47.2 Å². The van der Waals surface area contributed by atoms with Gasteiger partial charge in [0.1, 0.15) is 11.5 Å². The van der Waals surface area contributed by atoms with E-state index >= 15 is 0 Å². The van der Waals surface area contributed by atoms with Gasteiger partial charge in [-0.2, -0.15) is 5.26 Å². The first-order valence-electron chi connectivity index (χ1n) is 7.55. The van der Waals surface area contributed by atoms with E-state index in [2.05, 4.69) is 28.8 Å². The van der Waals surface area contributed by atoms with Crippen molar-refractivity contribution in [1.29, 1.82) is 5.26 Å². The summed E-state index contributed by atoms with van der Waals surface area (Å²) in [6.07, 6.45) is 3.58. The Hall–Kier alpha value is -3.19. The number of rotatable bonds is 4. The summed E-state index contributed by atoms with van der Waals surface area (Å²) in [6, 6.07) is 16.0. The number of aromatic nitrogens is 1. The van der Waals surface area contributed by atoms with Crippen molar-refractivity contribution < 1.29 is 9.47 Å². The van der Waals surface area contributed by atoms with Crippen molar-refractivity contribution in [2.75, 3.05) is 14.2 Å². The molecule has 0 aliphatic rings.